The van der Waals surface area contributed by atoms with Crippen molar-refractivity contribution in [3.05, 3.63) is 12.2 Å². The average molecular weight is 209 g/mol. The lowest BCUT2D eigenvalue weighted by molar-refractivity contribution is 0.340. The van der Waals surface area contributed by atoms with Gasteiger partial charge in [0.15, 0.2) is 0 Å². The van der Waals surface area contributed by atoms with Crippen LogP contribution < -0.4 is 5.32 Å². The van der Waals surface area contributed by atoms with Crippen LogP contribution in [0.3, 0.4) is 0 Å². The van der Waals surface area contributed by atoms with Crippen LogP contribution in [0.5, 0.6) is 0 Å². The van der Waals surface area contributed by atoms with E-state index in [1.165, 1.54) is 57.1 Å². The molecule has 0 saturated heterocycles. The average Bonchev–Trinajstić information content (AvgIpc) is 2.71. The Labute approximate surface area is 95.3 Å². The van der Waals surface area contributed by atoms with E-state index in [4.69, 9.17) is 0 Å². The number of hydrogen-bond donors (Lipinski definition) is 1. The van der Waals surface area contributed by atoms with E-state index < -0.39 is 0 Å². The Kier molecular flexibility index (Phi) is 6.00. The summed E-state index contributed by atoms with van der Waals surface area (Å²) in [5.74, 6) is 0.941. The van der Waals surface area contributed by atoms with Crippen LogP contribution in [-0.2, 0) is 0 Å². The molecule has 0 spiro atoms. The van der Waals surface area contributed by atoms with E-state index in [0.717, 1.165) is 12.0 Å². The molecule has 0 aliphatic heterocycles. The highest BCUT2D eigenvalue weighted by Crippen LogP contribution is 2.30. The minimum absolute atomic E-state index is 0.754. The molecule has 1 heteroatoms. The second-order valence-corrected chi connectivity index (χ2v) is 5.10. The Morgan fingerprint density at radius 2 is 2.07 bits per heavy atom. The van der Waals surface area contributed by atoms with Gasteiger partial charge in [0.2, 0.25) is 0 Å². The van der Waals surface area contributed by atoms with Gasteiger partial charge in [0.05, 0.1) is 0 Å². The fraction of sp³-hybridized carbons (Fsp3) is 0.857. The van der Waals surface area contributed by atoms with Gasteiger partial charge in [-0.05, 0) is 51.5 Å². The Hall–Kier alpha value is -0.300. The van der Waals surface area contributed by atoms with E-state index in [2.05, 4.69) is 25.7 Å². The summed E-state index contributed by atoms with van der Waals surface area (Å²) in [5.41, 5.74) is 1.33. The first-order valence-electron chi connectivity index (χ1n) is 6.61. The van der Waals surface area contributed by atoms with Crippen LogP contribution in [0, 0.1) is 5.92 Å². The minimum atomic E-state index is 0.754. The van der Waals surface area contributed by atoms with Crippen molar-refractivity contribution < 1.29 is 0 Å². The number of hydrogen-bond acceptors (Lipinski definition) is 1. The summed E-state index contributed by atoms with van der Waals surface area (Å²) in [6.07, 6.45) is 9.51. The van der Waals surface area contributed by atoms with Gasteiger partial charge in [0.25, 0.3) is 0 Å². The first-order chi connectivity index (χ1) is 7.24. The Morgan fingerprint density at radius 3 is 2.60 bits per heavy atom. The van der Waals surface area contributed by atoms with Gasteiger partial charge in [0.1, 0.15) is 0 Å². The van der Waals surface area contributed by atoms with E-state index in [1.807, 2.05) is 0 Å². The molecule has 1 unspecified atom stereocenters. The highest BCUT2D eigenvalue weighted by Gasteiger charge is 2.23. The summed E-state index contributed by atoms with van der Waals surface area (Å²) in [6, 6.07) is 0.754. The summed E-state index contributed by atoms with van der Waals surface area (Å²) < 4.78 is 0. The van der Waals surface area contributed by atoms with Crippen LogP contribution in [0.4, 0.5) is 0 Å². The molecule has 88 valence electrons. The highest BCUT2D eigenvalue weighted by atomic mass is 14.9. The smallest absolute Gasteiger partial charge is 0.00983 e. The lowest BCUT2D eigenvalue weighted by Crippen LogP contribution is -2.35. The van der Waals surface area contributed by atoms with Gasteiger partial charge in [0, 0.05) is 6.04 Å². The first-order valence-corrected chi connectivity index (χ1v) is 6.61. The van der Waals surface area contributed by atoms with Crippen LogP contribution >= 0.6 is 0 Å². The molecule has 0 aromatic rings. The van der Waals surface area contributed by atoms with Gasteiger partial charge >= 0.3 is 0 Å². The van der Waals surface area contributed by atoms with Crippen molar-refractivity contribution >= 4 is 0 Å². The Balaban J connectivity index is 2.33. The normalized spacial score (nSPS) is 19.3. The van der Waals surface area contributed by atoms with E-state index in [-0.39, 0.29) is 0 Å². The third-order valence-electron chi connectivity index (χ3n) is 3.51. The van der Waals surface area contributed by atoms with E-state index in [1.54, 1.807) is 0 Å². The third-order valence-corrected chi connectivity index (χ3v) is 3.51. The van der Waals surface area contributed by atoms with Crippen molar-refractivity contribution in [2.45, 2.75) is 64.8 Å². The van der Waals surface area contributed by atoms with Crippen LogP contribution in [0.15, 0.2) is 12.2 Å². The molecular weight excluding hydrogens is 182 g/mol. The van der Waals surface area contributed by atoms with Gasteiger partial charge in [-0.3, -0.25) is 0 Å². The molecule has 1 rings (SSSR count). The minimum Gasteiger partial charge on any atom is -0.314 e. The Bertz CT molecular complexity index is 180. The summed E-state index contributed by atoms with van der Waals surface area (Å²) in [4.78, 5) is 0. The molecule has 1 aliphatic carbocycles. The molecule has 0 aromatic carbocycles. The SMILES string of the molecule is C=C(C)CCC(NCCC)C1CCCC1. The zero-order valence-electron chi connectivity index (χ0n) is 10.5. The topological polar surface area (TPSA) is 12.0 Å². The monoisotopic (exact) mass is 209 g/mol. The summed E-state index contributed by atoms with van der Waals surface area (Å²) in [7, 11) is 0. The Morgan fingerprint density at radius 1 is 1.40 bits per heavy atom. The molecule has 0 amide bonds. The largest absolute Gasteiger partial charge is 0.314 e. The molecule has 1 N–H and O–H groups in total. The van der Waals surface area contributed by atoms with Gasteiger partial charge in [-0.25, -0.2) is 0 Å². The molecule has 1 aliphatic rings. The molecule has 1 nitrogen and oxygen atoms in total. The molecule has 1 atom stereocenters. The fourth-order valence-corrected chi connectivity index (χ4v) is 2.60. The number of allylic oxidation sites excluding steroid dienone is 1. The van der Waals surface area contributed by atoms with Crippen molar-refractivity contribution in [1.29, 1.82) is 0 Å². The van der Waals surface area contributed by atoms with Gasteiger partial charge in [-0.1, -0.05) is 25.3 Å². The first kappa shape index (κ1) is 12.8. The molecule has 1 saturated carbocycles. The molecule has 15 heavy (non-hydrogen) atoms. The maximum Gasteiger partial charge on any atom is 0.00983 e. The zero-order valence-corrected chi connectivity index (χ0v) is 10.5. The predicted molar refractivity (Wildman–Crippen MR) is 68.1 cm³/mol. The molecule has 1 fully saturated rings. The van der Waals surface area contributed by atoms with Crippen molar-refractivity contribution in [2.24, 2.45) is 5.92 Å². The zero-order chi connectivity index (χ0) is 11.1. The van der Waals surface area contributed by atoms with E-state index in [9.17, 15) is 0 Å². The van der Waals surface area contributed by atoms with Gasteiger partial charge in [-0.2, -0.15) is 0 Å². The second-order valence-electron chi connectivity index (χ2n) is 5.10. The van der Waals surface area contributed by atoms with Gasteiger partial charge in [-0.15, -0.1) is 6.58 Å². The maximum absolute atomic E-state index is 4.01. The lowest BCUT2D eigenvalue weighted by Gasteiger charge is -2.24. The van der Waals surface area contributed by atoms with Crippen LogP contribution in [-0.4, -0.2) is 12.6 Å². The number of nitrogens with one attached hydrogen (secondary N) is 1. The fourth-order valence-electron chi connectivity index (χ4n) is 2.60. The van der Waals surface area contributed by atoms with Crippen molar-refractivity contribution in [1.82, 2.24) is 5.32 Å². The van der Waals surface area contributed by atoms with E-state index in [0.29, 0.717) is 0 Å². The quantitative estimate of drug-likeness (QED) is 0.627. The van der Waals surface area contributed by atoms with Crippen LogP contribution in [0.25, 0.3) is 0 Å². The van der Waals surface area contributed by atoms with Crippen LogP contribution in [0.2, 0.25) is 0 Å². The maximum atomic E-state index is 4.01. The van der Waals surface area contributed by atoms with Crippen molar-refractivity contribution in [3.8, 4) is 0 Å². The summed E-state index contributed by atoms with van der Waals surface area (Å²) in [6.45, 7) is 9.58. The molecule has 0 radical (unpaired) electrons. The van der Waals surface area contributed by atoms with Crippen LogP contribution in [0.1, 0.15) is 58.8 Å². The molecule has 0 bridgehead atoms. The van der Waals surface area contributed by atoms with Crippen molar-refractivity contribution in [3.63, 3.8) is 0 Å². The van der Waals surface area contributed by atoms with Gasteiger partial charge < -0.3 is 5.32 Å². The number of rotatable bonds is 7. The molecular formula is C14H27N. The molecule has 0 aromatic heterocycles. The second kappa shape index (κ2) is 7.05. The van der Waals surface area contributed by atoms with E-state index >= 15 is 0 Å². The molecule has 0 heterocycles. The van der Waals surface area contributed by atoms with Crippen molar-refractivity contribution in [2.75, 3.05) is 6.54 Å². The standard InChI is InChI=1S/C14H27N/c1-4-11-15-14(10-9-12(2)3)13-7-5-6-8-13/h13-15H,2,4-11H2,1,3H3. The predicted octanol–water partition coefficient (Wildman–Crippen LogP) is 3.90. The third kappa shape index (κ3) is 4.83. The summed E-state index contributed by atoms with van der Waals surface area (Å²) in [5, 5.41) is 3.73. The lowest BCUT2D eigenvalue weighted by atomic mass is 9.93. The highest BCUT2D eigenvalue weighted by molar-refractivity contribution is 4.91. The summed E-state index contributed by atoms with van der Waals surface area (Å²) >= 11 is 0.